The van der Waals surface area contributed by atoms with E-state index in [-0.39, 0.29) is 24.5 Å². The molecule has 0 aromatic carbocycles. The van der Waals surface area contributed by atoms with Crippen LogP contribution in [0.1, 0.15) is 31.4 Å². The highest BCUT2D eigenvalue weighted by Crippen LogP contribution is 2.18. The van der Waals surface area contributed by atoms with Gasteiger partial charge < -0.3 is 16.2 Å². The predicted molar refractivity (Wildman–Crippen MR) is 66.6 cm³/mol. The smallest absolute Gasteiger partial charge is 0.226 e. The highest BCUT2D eigenvalue weighted by atomic mass is 32.1. The molecule has 1 heterocycles. The fourth-order valence-electron chi connectivity index (χ4n) is 2.07. The van der Waals surface area contributed by atoms with Crippen LogP contribution in [0.5, 0.6) is 0 Å². The molecule has 2 rings (SSSR count). The molecule has 1 saturated carbocycles. The number of aliphatic hydroxyl groups is 1. The van der Waals surface area contributed by atoms with Crippen molar-refractivity contribution in [3.8, 4) is 0 Å². The Kier molecular flexibility index (Phi) is 3.96. The highest BCUT2D eigenvalue weighted by Gasteiger charge is 2.20. The number of aromatic nitrogens is 1. The maximum absolute atomic E-state index is 11.7. The number of nitrogens with two attached hydrogens (primary N) is 1. The number of hydrogen-bond donors (Lipinski definition) is 3. The van der Waals surface area contributed by atoms with Gasteiger partial charge in [-0.2, -0.15) is 0 Å². The van der Waals surface area contributed by atoms with Crippen LogP contribution in [-0.4, -0.2) is 28.1 Å². The number of nitrogens with zero attached hydrogens (tertiary/aromatic N) is 1. The molecular weight excluding hydrogens is 238 g/mol. The van der Waals surface area contributed by atoms with Crippen molar-refractivity contribution < 1.29 is 9.90 Å². The molecule has 0 atom stereocenters. The number of hydrogen-bond acceptors (Lipinski definition) is 5. The van der Waals surface area contributed by atoms with Crippen molar-refractivity contribution in [1.82, 2.24) is 10.3 Å². The van der Waals surface area contributed by atoms with Gasteiger partial charge in [0.25, 0.3) is 0 Å². The summed E-state index contributed by atoms with van der Waals surface area (Å²) in [5.41, 5.74) is 6.22. The van der Waals surface area contributed by atoms with Crippen molar-refractivity contribution in [2.24, 2.45) is 0 Å². The number of aliphatic hydroxyl groups excluding tert-OH is 1. The second-order valence-corrected chi connectivity index (χ2v) is 5.32. The number of nitrogens with one attached hydrogen (secondary N) is 1. The van der Waals surface area contributed by atoms with E-state index in [0.29, 0.717) is 5.13 Å². The van der Waals surface area contributed by atoms with Crippen LogP contribution in [0.25, 0.3) is 0 Å². The molecule has 1 aromatic rings. The summed E-state index contributed by atoms with van der Waals surface area (Å²) in [6.07, 6.45) is 3.34. The minimum Gasteiger partial charge on any atom is -0.393 e. The SMILES string of the molecule is Nc1nc(CC(=O)NC2CCC(O)CC2)cs1. The van der Waals surface area contributed by atoms with Crippen LogP contribution >= 0.6 is 11.3 Å². The third-order valence-electron chi connectivity index (χ3n) is 2.97. The lowest BCUT2D eigenvalue weighted by atomic mass is 9.93. The minimum absolute atomic E-state index is 0.0170. The second kappa shape index (κ2) is 5.46. The minimum atomic E-state index is -0.193. The van der Waals surface area contributed by atoms with Crippen LogP contribution < -0.4 is 11.1 Å². The van der Waals surface area contributed by atoms with E-state index in [4.69, 9.17) is 5.73 Å². The van der Waals surface area contributed by atoms with E-state index in [1.54, 1.807) is 5.38 Å². The Morgan fingerprint density at radius 3 is 2.82 bits per heavy atom. The van der Waals surface area contributed by atoms with Crippen molar-refractivity contribution in [3.63, 3.8) is 0 Å². The highest BCUT2D eigenvalue weighted by molar-refractivity contribution is 7.13. The first-order valence-corrected chi connectivity index (χ1v) is 6.69. The zero-order chi connectivity index (χ0) is 12.3. The molecule has 5 nitrogen and oxygen atoms in total. The van der Waals surface area contributed by atoms with Gasteiger partial charge in [-0.05, 0) is 25.7 Å². The molecule has 0 spiro atoms. The molecule has 1 fully saturated rings. The summed E-state index contributed by atoms with van der Waals surface area (Å²) in [6.45, 7) is 0. The topological polar surface area (TPSA) is 88.2 Å². The zero-order valence-corrected chi connectivity index (χ0v) is 10.4. The van der Waals surface area contributed by atoms with Gasteiger partial charge >= 0.3 is 0 Å². The van der Waals surface area contributed by atoms with Gasteiger partial charge in [0, 0.05) is 11.4 Å². The Bertz CT molecular complexity index is 386. The maximum Gasteiger partial charge on any atom is 0.226 e. The van der Waals surface area contributed by atoms with E-state index in [0.717, 1.165) is 31.4 Å². The Labute approximate surface area is 104 Å². The van der Waals surface area contributed by atoms with Gasteiger partial charge in [-0.15, -0.1) is 11.3 Å². The fourth-order valence-corrected chi connectivity index (χ4v) is 2.63. The second-order valence-electron chi connectivity index (χ2n) is 4.43. The van der Waals surface area contributed by atoms with Gasteiger partial charge in [-0.1, -0.05) is 0 Å². The van der Waals surface area contributed by atoms with Crippen molar-refractivity contribution in [2.45, 2.75) is 44.2 Å². The van der Waals surface area contributed by atoms with Gasteiger partial charge in [0.05, 0.1) is 18.2 Å². The molecule has 4 N–H and O–H groups in total. The number of amides is 1. The summed E-state index contributed by atoms with van der Waals surface area (Å²) in [5, 5.41) is 14.6. The first-order valence-electron chi connectivity index (χ1n) is 5.81. The van der Waals surface area contributed by atoms with Crippen LogP contribution in [0.4, 0.5) is 5.13 Å². The van der Waals surface area contributed by atoms with E-state index in [1.165, 1.54) is 11.3 Å². The van der Waals surface area contributed by atoms with E-state index >= 15 is 0 Å². The Morgan fingerprint density at radius 1 is 1.53 bits per heavy atom. The van der Waals surface area contributed by atoms with Crippen molar-refractivity contribution in [2.75, 3.05) is 5.73 Å². The van der Waals surface area contributed by atoms with Gasteiger partial charge in [-0.3, -0.25) is 4.79 Å². The van der Waals surface area contributed by atoms with Crippen LogP contribution in [-0.2, 0) is 11.2 Å². The molecule has 94 valence electrons. The first kappa shape index (κ1) is 12.3. The third kappa shape index (κ3) is 3.67. The summed E-state index contributed by atoms with van der Waals surface area (Å²) in [7, 11) is 0. The van der Waals surface area contributed by atoms with E-state index < -0.39 is 0 Å². The molecule has 0 bridgehead atoms. The summed E-state index contributed by atoms with van der Waals surface area (Å²) in [4.78, 5) is 15.8. The van der Waals surface area contributed by atoms with Gasteiger partial charge in [0.15, 0.2) is 5.13 Å². The summed E-state index contributed by atoms with van der Waals surface area (Å²) in [5.74, 6) is -0.0170. The summed E-state index contributed by atoms with van der Waals surface area (Å²) < 4.78 is 0. The zero-order valence-electron chi connectivity index (χ0n) is 9.56. The largest absolute Gasteiger partial charge is 0.393 e. The van der Waals surface area contributed by atoms with E-state index in [2.05, 4.69) is 10.3 Å². The first-order chi connectivity index (χ1) is 8.13. The Hall–Kier alpha value is -1.14. The molecular formula is C11H17N3O2S. The molecule has 6 heteroatoms. The lowest BCUT2D eigenvalue weighted by molar-refractivity contribution is -0.121. The maximum atomic E-state index is 11.7. The van der Waals surface area contributed by atoms with E-state index in [1.807, 2.05) is 0 Å². The number of thiazole rings is 1. The molecule has 0 radical (unpaired) electrons. The van der Waals surface area contributed by atoms with Crippen molar-refractivity contribution in [1.29, 1.82) is 0 Å². The van der Waals surface area contributed by atoms with Crippen LogP contribution in [0.15, 0.2) is 5.38 Å². The lowest BCUT2D eigenvalue weighted by Crippen LogP contribution is -2.39. The average Bonchev–Trinajstić information content (AvgIpc) is 2.67. The van der Waals surface area contributed by atoms with Gasteiger partial charge in [0.1, 0.15) is 0 Å². The molecule has 0 saturated heterocycles. The predicted octanol–water partition coefficient (Wildman–Crippen LogP) is 0.687. The monoisotopic (exact) mass is 255 g/mol. The quantitative estimate of drug-likeness (QED) is 0.741. The summed E-state index contributed by atoms with van der Waals surface area (Å²) >= 11 is 1.35. The number of carbonyl (C=O) groups is 1. The van der Waals surface area contributed by atoms with Crippen molar-refractivity contribution in [3.05, 3.63) is 11.1 Å². The van der Waals surface area contributed by atoms with Crippen LogP contribution in [0, 0.1) is 0 Å². The number of rotatable bonds is 3. The number of carbonyl (C=O) groups excluding carboxylic acids is 1. The average molecular weight is 255 g/mol. The standard InChI is InChI=1S/C11H17N3O2S/c12-11-14-8(6-17-11)5-10(16)13-7-1-3-9(15)4-2-7/h6-7,9,15H,1-5H2,(H2,12,14)(H,13,16). The Balaban J connectivity index is 1.77. The van der Waals surface area contributed by atoms with Crippen LogP contribution in [0.2, 0.25) is 0 Å². The van der Waals surface area contributed by atoms with Crippen molar-refractivity contribution >= 4 is 22.4 Å². The molecule has 1 aliphatic carbocycles. The van der Waals surface area contributed by atoms with Gasteiger partial charge in [-0.25, -0.2) is 4.98 Å². The van der Waals surface area contributed by atoms with Crippen LogP contribution in [0.3, 0.4) is 0 Å². The molecule has 17 heavy (non-hydrogen) atoms. The normalized spacial score (nSPS) is 24.5. The Morgan fingerprint density at radius 2 is 2.24 bits per heavy atom. The van der Waals surface area contributed by atoms with Gasteiger partial charge in [0.2, 0.25) is 5.91 Å². The molecule has 0 unspecified atom stereocenters. The van der Waals surface area contributed by atoms with E-state index in [9.17, 15) is 9.90 Å². The molecule has 1 aliphatic rings. The number of nitrogen functional groups attached to an aromatic ring is 1. The molecule has 1 aromatic heterocycles. The number of anilines is 1. The summed E-state index contributed by atoms with van der Waals surface area (Å²) in [6, 6.07) is 0.196. The lowest BCUT2D eigenvalue weighted by Gasteiger charge is -2.26. The molecule has 0 aliphatic heterocycles. The fraction of sp³-hybridized carbons (Fsp3) is 0.636. The third-order valence-corrected chi connectivity index (χ3v) is 3.70. The molecule has 1 amide bonds.